The smallest absolute Gasteiger partial charge is 0.277 e. The number of amides is 2. The fourth-order valence-corrected chi connectivity index (χ4v) is 3.03. The summed E-state index contributed by atoms with van der Waals surface area (Å²) in [5, 5.41) is 13.5. The summed E-state index contributed by atoms with van der Waals surface area (Å²) in [5.41, 5.74) is 1.47. The third-order valence-electron chi connectivity index (χ3n) is 4.79. The van der Waals surface area contributed by atoms with Crippen LogP contribution in [0.5, 0.6) is 0 Å². The van der Waals surface area contributed by atoms with E-state index in [1.807, 2.05) is 32.9 Å². The van der Waals surface area contributed by atoms with Crippen molar-refractivity contribution in [2.24, 2.45) is 0 Å². The number of anilines is 1. The van der Waals surface area contributed by atoms with Crippen LogP contribution in [0.4, 0.5) is 5.69 Å². The van der Waals surface area contributed by atoms with Crippen LogP contribution >= 0.6 is 0 Å². The van der Waals surface area contributed by atoms with Gasteiger partial charge in [0.25, 0.3) is 11.8 Å². The third-order valence-corrected chi connectivity index (χ3v) is 4.79. The first kappa shape index (κ1) is 21.2. The van der Waals surface area contributed by atoms with Gasteiger partial charge in [0.2, 0.25) is 0 Å². The molecular formula is C22H23N7O3. The zero-order valence-electron chi connectivity index (χ0n) is 18.2. The number of hydrogen-bond acceptors (Lipinski definition) is 7. The fourth-order valence-electron chi connectivity index (χ4n) is 3.03. The van der Waals surface area contributed by atoms with Crippen molar-refractivity contribution in [3.8, 4) is 0 Å². The van der Waals surface area contributed by atoms with Gasteiger partial charge in [0.1, 0.15) is 5.82 Å². The second-order valence-corrected chi connectivity index (χ2v) is 8.40. The van der Waals surface area contributed by atoms with Crippen LogP contribution in [0.1, 0.15) is 66.2 Å². The van der Waals surface area contributed by atoms with E-state index in [2.05, 4.69) is 30.9 Å². The molecule has 0 spiro atoms. The number of carbonyl (C=O) groups is 2. The van der Waals surface area contributed by atoms with E-state index in [9.17, 15) is 9.59 Å². The molecule has 0 aliphatic carbocycles. The van der Waals surface area contributed by atoms with Crippen LogP contribution in [0.15, 0.2) is 53.6 Å². The summed E-state index contributed by atoms with van der Waals surface area (Å²) in [6, 6.07) is 6.45. The van der Waals surface area contributed by atoms with E-state index >= 15 is 0 Å². The Morgan fingerprint density at radius 2 is 1.84 bits per heavy atom. The molecule has 4 heterocycles. The predicted molar refractivity (Wildman–Crippen MR) is 116 cm³/mol. The van der Waals surface area contributed by atoms with Gasteiger partial charge in [-0.2, -0.15) is 5.10 Å². The highest BCUT2D eigenvalue weighted by molar-refractivity contribution is 6.03. The van der Waals surface area contributed by atoms with E-state index in [1.165, 1.54) is 12.3 Å². The summed E-state index contributed by atoms with van der Waals surface area (Å²) in [4.78, 5) is 33.7. The second-order valence-electron chi connectivity index (χ2n) is 8.40. The highest BCUT2D eigenvalue weighted by Gasteiger charge is 2.21. The number of nitrogens with zero attached hydrogens (tertiary/aromatic N) is 5. The molecule has 164 valence electrons. The number of nitrogens with one attached hydrogen (secondary N) is 2. The van der Waals surface area contributed by atoms with E-state index in [1.54, 1.807) is 36.1 Å². The molecular weight excluding hydrogens is 410 g/mol. The molecule has 4 rings (SSSR count). The summed E-state index contributed by atoms with van der Waals surface area (Å²) < 4.78 is 6.90. The minimum absolute atomic E-state index is 0.0805. The van der Waals surface area contributed by atoms with Gasteiger partial charge in [-0.25, -0.2) is 14.5 Å². The summed E-state index contributed by atoms with van der Waals surface area (Å²) in [5.74, 6) is 0.250. The molecule has 0 saturated heterocycles. The molecule has 0 aromatic carbocycles. The van der Waals surface area contributed by atoms with Gasteiger partial charge in [0.05, 0.1) is 41.4 Å². The Kier molecular flexibility index (Phi) is 5.43. The molecule has 0 fully saturated rings. The summed E-state index contributed by atoms with van der Waals surface area (Å²) in [6.07, 6.45) is 6.36. The van der Waals surface area contributed by atoms with E-state index < -0.39 is 11.9 Å². The zero-order chi connectivity index (χ0) is 22.9. The first-order valence-electron chi connectivity index (χ1n) is 10.1. The molecule has 1 unspecified atom stereocenters. The van der Waals surface area contributed by atoms with Gasteiger partial charge < -0.3 is 15.2 Å². The molecule has 0 aliphatic heterocycles. The van der Waals surface area contributed by atoms with E-state index in [-0.39, 0.29) is 17.0 Å². The van der Waals surface area contributed by atoms with Crippen molar-refractivity contribution in [3.05, 3.63) is 71.9 Å². The minimum atomic E-state index is -0.510. The standard InChI is InChI=1S/C22H23N7O3/c1-13(26-19(30)15-12-25-29-8-6-5-7-17(15)29)18-9-16(28-32-18)20(31)27-14-10-23-21(24-11-14)22(2,3)4/h5-13H,1-4H3,(H,26,30)(H,27,31). The summed E-state index contributed by atoms with van der Waals surface area (Å²) >= 11 is 0. The lowest BCUT2D eigenvalue weighted by atomic mass is 9.96. The fraction of sp³-hybridized carbons (Fsp3) is 0.273. The van der Waals surface area contributed by atoms with Crippen LogP contribution in [-0.4, -0.2) is 36.6 Å². The number of carbonyl (C=O) groups excluding carboxylic acids is 2. The van der Waals surface area contributed by atoms with Gasteiger partial charge in [-0.05, 0) is 19.1 Å². The highest BCUT2D eigenvalue weighted by Crippen LogP contribution is 2.19. The average Bonchev–Trinajstić information content (AvgIpc) is 3.41. The van der Waals surface area contributed by atoms with Crippen molar-refractivity contribution in [2.45, 2.75) is 39.2 Å². The monoisotopic (exact) mass is 433 g/mol. The Labute approximate surface area is 184 Å². The van der Waals surface area contributed by atoms with Crippen molar-refractivity contribution in [3.63, 3.8) is 0 Å². The molecule has 0 saturated carbocycles. The number of hydrogen-bond donors (Lipinski definition) is 2. The topological polar surface area (TPSA) is 127 Å². The van der Waals surface area contributed by atoms with E-state index in [0.29, 0.717) is 28.4 Å². The molecule has 0 aliphatic rings. The van der Waals surface area contributed by atoms with Gasteiger partial charge in [-0.15, -0.1) is 0 Å². The van der Waals surface area contributed by atoms with Gasteiger partial charge in [-0.1, -0.05) is 32.0 Å². The van der Waals surface area contributed by atoms with Gasteiger partial charge in [0, 0.05) is 17.7 Å². The Morgan fingerprint density at radius 1 is 1.09 bits per heavy atom. The normalized spacial score (nSPS) is 12.5. The Morgan fingerprint density at radius 3 is 2.56 bits per heavy atom. The predicted octanol–water partition coefficient (Wildman–Crippen LogP) is 3.15. The molecule has 2 N–H and O–H groups in total. The minimum Gasteiger partial charge on any atom is -0.358 e. The Hall–Kier alpha value is -4.08. The molecule has 4 aromatic rings. The SMILES string of the molecule is CC(NC(=O)c1cnn2ccccc12)c1cc(C(=O)Nc2cnc(C(C)(C)C)nc2)no1. The lowest BCUT2D eigenvalue weighted by Crippen LogP contribution is -2.26. The highest BCUT2D eigenvalue weighted by atomic mass is 16.5. The average molecular weight is 433 g/mol. The van der Waals surface area contributed by atoms with Crippen molar-refractivity contribution in [2.75, 3.05) is 5.32 Å². The second kappa shape index (κ2) is 8.22. The number of pyridine rings is 1. The van der Waals surface area contributed by atoms with Crippen LogP contribution in [-0.2, 0) is 5.41 Å². The van der Waals surface area contributed by atoms with Crippen LogP contribution in [0.3, 0.4) is 0 Å². The van der Waals surface area contributed by atoms with Crippen molar-refractivity contribution in [1.82, 2.24) is 30.1 Å². The molecule has 4 aromatic heterocycles. The molecule has 1 atom stereocenters. The molecule has 0 bridgehead atoms. The van der Waals surface area contributed by atoms with E-state index in [0.717, 1.165) is 0 Å². The van der Waals surface area contributed by atoms with Gasteiger partial charge >= 0.3 is 0 Å². The number of fused-ring (bicyclic) bond motifs is 1. The first-order chi connectivity index (χ1) is 15.2. The van der Waals surface area contributed by atoms with Gasteiger partial charge in [-0.3, -0.25) is 9.59 Å². The maximum Gasteiger partial charge on any atom is 0.277 e. The van der Waals surface area contributed by atoms with Crippen LogP contribution in [0.25, 0.3) is 5.52 Å². The number of aromatic nitrogens is 5. The van der Waals surface area contributed by atoms with Crippen LogP contribution < -0.4 is 10.6 Å². The molecule has 32 heavy (non-hydrogen) atoms. The lowest BCUT2D eigenvalue weighted by molar-refractivity contribution is 0.0933. The molecule has 2 amide bonds. The molecule has 0 radical (unpaired) electrons. The maximum atomic E-state index is 12.7. The molecule has 10 nitrogen and oxygen atoms in total. The van der Waals surface area contributed by atoms with Gasteiger partial charge in [0.15, 0.2) is 11.5 Å². The lowest BCUT2D eigenvalue weighted by Gasteiger charge is -2.16. The summed E-state index contributed by atoms with van der Waals surface area (Å²) in [7, 11) is 0. The van der Waals surface area contributed by atoms with Crippen molar-refractivity contribution < 1.29 is 14.1 Å². The summed E-state index contributed by atoms with van der Waals surface area (Å²) in [6.45, 7) is 7.76. The van der Waals surface area contributed by atoms with Crippen LogP contribution in [0, 0.1) is 0 Å². The van der Waals surface area contributed by atoms with Crippen LogP contribution in [0.2, 0.25) is 0 Å². The first-order valence-corrected chi connectivity index (χ1v) is 10.1. The quantitative estimate of drug-likeness (QED) is 0.495. The Bertz CT molecular complexity index is 1270. The Balaban J connectivity index is 1.41. The maximum absolute atomic E-state index is 12.7. The largest absolute Gasteiger partial charge is 0.358 e. The molecule has 10 heteroatoms. The zero-order valence-corrected chi connectivity index (χ0v) is 18.2. The van der Waals surface area contributed by atoms with E-state index in [4.69, 9.17) is 4.52 Å². The van der Waals surface area contributed by atoms with Crippen molar-refractivity contribution >= 4 is 23.0 Å². The van der Waals surface area contributed by atoms with Crippen molar-refractivity contribution in [1.29, 1.82) is 0 Å². The third kappa shape index (κ3) is 4.34. The number of rotatable bonds is 5.